The lowest BCUT2D eigenvalue weighted by Gasteiger charge is -2.32. The van der Waals surface area contributed by atoms with E-state index in [1.165, 1.54) is 67.7 Å². The van der Waals surface area contributed by atoms with E-state index >= 15 is 0 Å². The molecule has 0 aliphatic heterocycles. The molecule has 0 saturated heterocycles. The summed E-state index contributed by atoms with van der Waals surface area (Å²) in [6, 6.07) is 13.9. The monoisotopic (exact) mass is 669 g/mol. The van der Waals surface area contributed by atoms with Gasteiger partial charge in [-0.15, -0.1) is 0 Å². The Bertz CT molecular complexity index is 1550. The molecule has 13 heteroatoms. The van der Waals surface area contributed by atoms with Crippen LogP contribution in [0.15, 0.2) is 65.6 Å². The summed E-state index contributed by atoms with van der Waals surface area (Å²) in [5.74, 6) is -0.506. The third-order valence-electron chi connectivity index (χ3n) is 6.86. The molecule has 3 aromatic carbocycles. The van der Waals surface area contributed by atoms with E-state index in [1.54, 1.807) is 19.1 Å². The number of carbonyl (C=O) groups excluding carboxylic acids is 2. The third-order valence-corrected chi connectivity index (χ3v) is 9.47. The lowest BCUT2D eigenvalue weighted by molar-refractivity contribution is -0.139. The van der Waals surface area contributed by atoms with Crippen LogP contribution in [0.25, 0.3) is 0 Å². The molecular weight excluding hydrogens is 637 g/mol. The first-order valence-corrected chi connectivity index (χ1v) is 15.9. The zero-order chi connectivity index (χ0) is 31.9. The average Bonchev–Trinajstić information content (AvgIpc) is 2.98. The fraction of sp³-hybridized carbons (Fsp3) is 0.333. The Balaban J connectivity index is 2.08. The van der Waals surface area contributed by atoms with Gasteiger partial charge < -0.3 is 19.7 Å². The first-order valence-electron chi connectivity index (χ1n) is 13.4. The van der Waals surface area contributed by atoms with Crippen LogP contribution in [0.5, 0.6) is 11.5 Å². The van der Waals surface area contributed by atoms with Crippen molar-refractivity contribution >= 4 is 62.3 Å². The highest BCUT2D eigenvalue weighted by molar-refractivity contribution is 7.92. The zero-order valence-electron chi connectivity index (χ0n) is 24.4. The molecule has 2 atom stereocenters. The maximum absolute atomic E-state index is 14.1. The molecule has 0 bridgehead atoms. The second kappa shape index (κ2) is 15.0. The highest BCUT2D eigenvalue weighted by Gasteiger charge is 2.33. The van der Waals surface area contributed by atoms with Gasteiger partial charge in [-0.05, 0) is 74.4 Å². The van der Waals surface area contributed by atoms with Crippen molar-refractivity contribution < 1.29 is 27.5 Å². The zero-order valence-corrected chi connectivity index (χ0v) is 27.5. The summed E-state index contributed by atoms with van der Waals surface area (Å²) < 4.78 is 39.7. The number of amides is 2. The molecule has 0 fully saturated rings. The maximum Gasteiger partial charge on any atom is 0.264 e. The highest BCUT2D eigenvalue weighted by Crippen LogP contribution is 2.33. The van der Waals surface area contributed by atoms with Crippen LogP contribution in [0.2, 0.25) is 15.1 Å². The topological polar surface area (TPSA) is 105 Å². The van der Waals surface area contributed by atoms with Gasteiger partial charge in [-0.25, -0.2) is 8.42 Å². The van der Waals surface area contributed by atoms with E-state index in [1.807, 2.05) is 13.8 Å². The average molecular weight is 671 g/mol. The Morgan fingerprint density at radius 1 is 0.884 bits per heavy atom. The van der Waals surface area contributed by atoms with Crippen LogP contribution in [-0.4, -0.2) is 58.0 Å². The van der Waals surface area contributed by atoms with Crippen molar-refractivity contribution in [1.82, 2.24) is 10.2 Å². The molecule has 3 aromatic rings. The Hall–Kier alpha value is -3.18. The Morgan fingerprint density at radius 2 is 1.51 bits per heavy atom. The minimum Gasteiger partial charge on any atom is -0.493 e. The van der Waals surface area contributed by atoms with Crippen LogP contribution in [0.1, 0.15) is 32.8 Å². The van der Waals surface area contributed by atoms with E-state index in [0.29, 0.717) is 32.8 Å². The van der Waals surface area contributed by atoms with Gasteiger partial charge in [-0.2, -0.15) is 0 Å². The van der Waals surface area contributed by atoms with Crippen molar-refractivity contribution in [2.45, 2.75) is 50.7 Å². The number of anilines is 1. The van der Waals surface area contributed by atoms with Crippen molar-refractivity contribution in [2.75, 3.05) is 25.1 Å². The number of nitrogens with zero attached hydrogens (tertiary/aromatic N) is 2. The molecule has 232 valence electrons. The van der Waals surface area contributed by atoms with Crippen LogP contribution in [0, 0.1) is 0 Å². The number of methoxy groups -OCH3 is 2. The van der Waals surface area contributed by atoms with Crippen LogP contribution in [-0.2, 0) is 26.2 Å². The van der Waals surface area contributed by atoms with E-state index in [-0.39, 0.29) is 28.9 Å². The van der Waals surface area contributed by atoms with E-state index in [9.17, 15) is 18.0 Å². The summed E-state index contributed by atoms with van der Waals surface area (Å²) in [5.41, 5.74) is 0.720. The van der Waals surface area contributed by atoms with Gasteiger partial charge in [-0.3, -0.25) is 13.9 Å². The van der Waals surface area contributed by atoms with Crippen molar-refractivity contribution in [2.24, 2.45) is 0 Å². The van der Waals surface area contributed by atoms with E-state index < -0.39 is 34.4 Å². The number of hydrogen-bond donors (Lipinski definition) is 1. The van der Waals surface area contributed by atoms with Crippen LogP contribution >= 0.6 is 34.8 Å². The van der Waals surface area contributed by atoms with Crippen molar-refractivity contribution in [3.05, 3.63) is 81.3 Å². The predicted octanol–water partition coefficient (Wildman–Crippen LogP) is 6.19. The van der Waals surface area contributed by atoms with Crippen LogP contribution < -0.4 is 19.1 Å². The maximum atomic E-state index is 14.1. The summed E-state index contributed by atoms with van der Waals surface area (Å²) in [6.07, 6.45) is 0.684. The molecule has 0 spiro atoms. The lowest BCUT2D eigenvalue weighted by atomic mass is 10.1. The van der Waals surface area contributed by atoms with E-state index in [2.05, 4.69) is 5.32 Å². The molecule has 0 aromatic heterocycles. The van der Waals surface area contributed by atoms with Crippen LogP contribution in [0.4, 0.5) is 5.69 Å². The molecule has 0 unspecified atom stereocenters. The molecule has 9 nitrogen and oxygen atoms in total. The quantitative estimate of drug-likeness (QED) is 0.233. The molecule has 0 aliphatic rings. The number of halogens is 3. The van der Waals surface area contributed by atoms with Crippen molar-refractivity contribution in [3.63, 3.8) is 0 Å². The summed E-state index contributed by atoms with van der Waals surface area (Å²) in [7, 11) is -1.52. The second-order valence-corrected chi connectivity index (χ2v) is 12.9. The Morgan fingerprint density at radius 3 is 2.09 bits per heavy atom. The Labute approximate surface area is 267 Å². The molecule has 43 heavy (non-hydrogen) atoms. The number of carbonyl (C=O) groups is 2. The molecule has 0 radical (unpaired) electrons. The van der Waals surface area contributed by atoms with Gasteiger partial charge >= 0.3 is 0 Å². The molecule has 0 saturated carbocycles. The van der Waals surface area contributed by atoms with Gasteiger partial charge in [0.15, 0.2) is 11.5 Å². The standard InChI is InChI=1S/C30H34Cl3N3O6S/c1-6-19(2)34-30(38)20(3)35(17-21-7-8-23(32)15-26(21)33)29(37)18-36(24-11-9-22(31)10-12-24)43(39,40)25-13-14-27(41-4)28(16-25)42-5/h7-16,19-20H,6,17-18H2,1-5H3,(H,34,38)/t19-,20-/m1/s1. The summed E-state index contributed by atoms with van der Waals surface area (Å²) in [4.78, 5) is 28.4. The molecule has 3 rings (SSSR count). The number of rotatable bonds is 13. The third kappa shape index (κ3) is 8.47. The van der Waals surface area contributed by atoms with E-state index in [4.69, 9.17) is 44.3 Å². The molecule has 0 aliphatic carbocycles. The summed E-state index contributed by atoms with van der Waals surface area (Å²) >= 11 is 18.6. The van der Waals surface area contributed by atoms with Gasteiger partial charge in [0.25, 0.3) is 10.0 Å². The first kappa shape index (κ1) is 34.3. The van der Waals surface area contributed by atoms with Gasteiger partial charge in [0.1, 0.15) is 12.6 Å². The Kier molecular flexibility index (Phi) is 12.0. The van der Waals surface area contributed by atoms with Gasteiger partial charge in [-0.1, -0.05) is 47.8 Å². The fourth-order valence-corrected chi connectivity index (χ4v) is 6.15. The molecule has 1 N–H and O–H groups in total. The first-order chi connectivity index (χ1) is 20.3. The molecule has 0 heterocycles. The van der Waals surface area contributed by atoms with E-state index in [0.717, 1.165) is 4.31 Å². The number of benzene rings is 3. The van der Waals surface area contributed by atoms with Crippen molar-refractivity contribution in [1.29, 1.82) is 0 Å². The van der Waals surface area contributed by atoms with Crippen LogP contribution in [0.3, 0.4) is 0 Å². The molecule has 2 amide bonds. The predicted molar refractivity (Wildman–Crippen MR) is 170 cm³/mol. The SMILES string of the molecule is CC[C@@H](C)NC(=O)[C@@H](C)N(Cc1ccc(Cl)cc1Cl)C(=O)CN(c1ccc(Cl)cc1)S(=O)(=O)c1ccc(OC)c(OC)c1. The number of sulfonamides is 1. The summed E-state index contributed by atoms with van der Waals surface area (Å²) in [5, 5.41) is 3.97. The van der Waals surface area contributed by atoms with Gasteiger partial charge in [0, 0.05) is 33.7 Å². The number of hydrogen-bond acceptors (Lipinski definition) is 6. The van der Waals surface area contributed by atoms with Gasteiger partial charge in [0.2, 0.25) is 11.8 Å². The minimum atomic E-state index is -4.35. The fourth-order valence-electron chi connectivity index (χ4n) is 4.12. The molecular formula is C30H34Cl3N3O6S. The summed E-state index contributed by atoms with van der Waals surface area (Å²) in [6.45, 7) is 4.65. The van der Waals surface area contributed by atoms with Gasteiger partial charge in [0.05, 0.1) is 24.8 Å². The normalized spacial score (nSPS) is 12.7. The van der Waals surface area contributed by atoms with Crippen molar-refractivity contribution in [3.8, 4) is 11.5 Å². The number of nitrogens with one attached hydrogen (secondary N) is 1. The lowest BCUT2D eigenvalue weighted by Crippen LogP contribution is -2.52. The minimum absolute atomic E-state index is 0.0746. The highest BCUT2D eigenvalue weighted by atomic mass is 35.5. The second-order valence-electron chi connectivity index (χ2n) is 9.76. The largest absolute Gasteiger partial charge is 0.493 e. The number of ether oxygens (including phenoxy) is 2. The smallest absolute Gasteiger partial charge is 0.264 e.